The standard InChI is InChI=1S/C4H3BrN2OS.C4H2BrNO2S.ClH.H3N/c5-2-1-9-4(7-2)3(6)8;5-2-1-9-3(6-2)4(7)8;;/h1H,(H2,6,8);1H,(H,7,8);1H;1H3. The third-order valence-electron chi connectivity index (χ3n) is 1.35. The van der Waals surface area contributed by atoms with Crippen LogP contribution in [0.2, 0.25) is 0 Å². The molecule has 0 atom stereocenters. The highest BCUT2D eigenvalue weighted by Crippen LogP contribution is 2.14. The number of carboxylic acids is 1. The number of rotatable bonds is 2. The number of thiazole rings is 2. The molecule has 0 aliphatic carbocycles. The molecule has 20 heavy (non-hydrogen) atoms. The third kappa shape index (κ3) is 7.26. The van der Waals surface area contributed by atoms with Gasteiger partial charge in [-0.1, -0.05) is 0 Å². The number of aromatic nitrogens is 2. The fourth-order valence-electron chi connectivity index (χ4n) is 0.720. The summed E-state index contributed by atoms with van der Waals surface area (Å²) in [6.07, 6.45) is 0. The molecule has 2 aromatic rings. The number of nitrogens with zero attached hydrogens (tertiary/aromatic N) is 2. The lowest BCUT2D eigenvalue weighted by Crippen LogP contribution is -2.09. The molecule has 112 valence electrons. The van der Waals surface area contributed by atoms with E-state index in [4.69, 9.17) is 10.8 Å². The molecule has 7 nitrogen and oxygen atoms in total. The zero-order valence-corrected chi connectivity index (χ0v) is 15.2. The first kappa shape index (κ1) is 21.7. The fraction of sp³-hybridized carbons (Fsp3) is 0. The first-order valence-corrected chi connectivity index (χ1v) is 7.50. The molecule has 0 unspecified atom stereocenters. The second-order valence-electron chi connectivity index (χ2n) is 2.62. The van der Waals surface area contributed by atoms with Crippen molar-refractivity contribution in [2.75, 3.05) is 0 Å². The molecule has 0 aromatic carbocycles. The van der Waals surface area contributed by atoms with Crippen LogP contribution in [0.4, 0.5) is 0 Å². The maximum absolute atomic E-state index is 10.4. The summed E-state index contributed by atoms with van der Waals surface area (Å²) >= 11 is 8.45. The van der Waals surface area contributed by atoms with Crippen molar-refractivity contribution in [3.8, 4) is 0 Å². The Bertz CT molecular complexity index is 527. The van der Waals surface area contributed by atoms with Crippen LogP contribution in [-0.2, 0) is 0 Å². The summed E-state index contributed by atoms with van der Waals surface area (Å²) in [5.74, 6) is -1.46. The van der Waals surface area contributed by atoms with Gasteiger partial charge in [-0.2, -0.15) is 0 Å². The number of primary amides is 1. The second kappa shape index (κ2) is 10.2. The van der Waals surface area contributed by atoms with E-state index in [0.717, 1.165) is 11.3 Å². The molecule has 0 saturated heterocycles. The van der Waals surface area contributed by atoms with Crippen LogP contribution >= 0.6 is 66.9 Å². The molecule has 2 heterocycles. The highest BCUT2D eigenvalue weighted by Gasteiger charge is 2.05. The summed E-state index contributed by atoms with van der Waals surface area (Å²) in [4.78, 5) is 27.9. The van der Waals surface area contributed by atoms with Crippen molar-refractivity contribution in [2.45, 2.75) is 0 Å². The minimum absolute atomic E-state index is 0. The summed E-state index contributed by atoms with van der Waals surface area (Å²) < 4.78 is 1.23. The van der Waals surface area contributed by atoms with Gasteiger partial charge in [-0.15, -0.1) is 35.1 Å². The number of carbonyl (C=O) groups excluding carboxylic acids is 1. The number of amides is 1. The molecule has 0 bridgehead atoms. The van der Waals surface area contributed by atoms with Crippen LogP contribution in [0.15, 0.2) is 20.0 Å². The normalized spacial score (nSPS) is 8.50. The Hall–Kier alpha value is -0.590. The largest absolute Gasteiger partial charge is 0.476 e. The van der Waals surface area contributed by atoms with Gasteiger partial charge in [0.15, 0.2) is 5.01 Å². The number of carbonyl (C=O) groups is 2. The van der Waals surface area contributed by atoms with Gasteiger partial charge in [0.2, 0.25) is 5.01 Å². The zero-order valence-electron chi connectivity index (χ0n) is 9.58. The van der Waals surface area contributed by atoms with Crippen molar-refractivity contribution in [2.24, 2.45) is 5.73 Å². The number of carboxylic acid groups (broad SMARTS) is 1. The van der Waals surface area contributed by atoms with Crippen molar-refractivity contribution in [3.05, 3.63) is 30.0 Å². The lowest BCUT2D eigenvalue weighted by atomic mass is 10.7. The molecular weight excluding hydrogens is 460 g/mol. The van der Waals surface area contributed by atoms with Crippen LogP contribution in [0.1, 0.15) is 19.6 Å². The predicted octanol–water partition coefficient (Wildman–Crippen LogP) is 3.19. The minimum Gasteiger partial charge on any atom is -0.476 e. The van der Waals surface area contributed by atoms with Gasteiger partial charge in [0, 0.05) is 10.8 Å². The molecule has 1 amide bonds. The third-order valence-corrected chi connectivity index (χ3v) is 4.45. The van der Waals surface area contributed by atoms with E-state index in [1.54, 1.807) is 10.8 Å². The van der Waals surface area contributed by atoms with Gasteiger partial charge in [0.05, 0.1) is 0 Å². The molecular formula is C8H9Br2ClN4O3S2. The predicted molar refractivity (Wildman–Crippen MR) is 87.4 cm³/mol. The van der Waals surface area contributed by atoms with E-state index in [9.17, 15) is 9.59 Å². The topological polar surface area (TPSA) is 141 Å². The van der Waals surface area contributed by atoms with Crippen molar-refractivity contribution in [1.29, 1.82) is 0 Å². The van der Waals surface area contributed by atoms with Gasteiger partial charge < -0.3 is 17.0 Å². The summed E-state index contributed by atoms with van der Waals surface area (Å²) in [5, 5.41) is 12.1. The van der Waals surface area contributed by atoms with Crippen LogP contribution in [0.5, 0.6) is 0 Å². The van der Waals surface area contributed by atoms with Gasteiger partial charge in [0.25, 0.3) is 5.91 Å². The number of hydrogen-bond donors (Lipinski definition) is 3. The molecule has 0 aliphatic rings. The average Bonchev–Trinajstić information content (AvgIpc) is 2.88. The average molecular weight is 469 g/mol. The van der Waals surface area contributed by atoms with Crippen molar-refractivity contribution >= 4 is 78.8 Å². The van der Waals surface area contributed by atoms with Crippen molar-refractivity contribution < 1.29 is 14.7 Å². The van der Waals surface area contributed by atoms with Crippen LogP contribution in [0.3, 0.4) is 0 Å². The van der Waals surface area contributed by atoms with E-state index in [0.29, 0.717) is 14.2 Å². The lowest BCUT2D eigenvalue weighted by Gasteiger charge is -1.79. The lowest BCUT2D eigenvalue weighted by molar-refractivity contribution is 0.0696. The van der Waals surface area contributed by atoms with E-state index in [1.165, 1.54) is 11.3 Å². The Morgan fingerprint density at radius 2 is 1.50 bits per heavy atom. The van der Waals surface area contributed by atoms with Crippen LogP contribution in [0, 0.1) is 0 Å². The monoisotopic (exact) mass is 466 g/mol. The number of aromatic carboxylic acids is 1. The first-order chi connectivity index (χ1) is 8.40. The first-order valence-electron chi connectivity index (χ1n) is 4.15. The Balaban J connectivity index is 0. The molecule has 12 heteroatoms. The Kier molecular flexibility index (Phi) is 11.0. The Morgan fingerprint density at radius 1 is 1.10 bits per heavy atom. The summed E-state index contributed by atoms with van der Waals surface area (Å²) in [6.45, 7) is 0. The summed E-state index contributed by atoms with van der Waals surface area (Å²) in [5.41, 5.74) is 4.92. The Morgan fingerprint density at radius 3 is 1.65 bits per heavy atom. The molecule has 0 fully saturated rings. The van der Waals surface area contributed by atoms with Crippen LogP contribution in [-0.4, -0.2) is 27.0 Å². The number of hydrogen-bond acceptors (Lipinski definition) is 7. The molecule has 2 rings (SSSR count). The summed E-state index contributed by atoms with van der Waals surface area (Å²) in [7, 11) is 0. The fourth-order valence-corrected chi connectivity index (χ4v) is 2.91. The van der Waals surface area contributed by atoms with Crippen molar-refractivity contribution in [3.63, 3.8) is 0 Å². The molecule has 2 aromatic heterocycles. The molecule has 0 aliphatic heterocycles. The van der Waals surface area contributed by atoms with Gasteiger partial charge in [0.1, 0.15) is 9.21 Å². The van der Waals surface area contributed by atoms with E-state index in [-0.39, 0.29) is 23.6 Å². The SMILES string of the molecule is Cl.N.NC(=O)c1nc(Br)cs1.O=C(O)c1nc(Br)cs1. The van der Waals surface area contributed by atoms with Crippen molar-refractivity contribution in [1.82, 2.24) is 16.1 Å². The molecule has 0 spiro atoms. The van der Waals surface area contributed by atoms with E-state index < -0.39 is 11.9 Å². The van der Waals surface area contributed by atoms with Gasteiger partial charge in [-0.3, -0.25) is 4.79 Å². The molecule has 0 radical (unpaired) electrons. The summed E-state index contributed by atoms with van der Waals surface area (Å²) in [6, 6.07) is 0. The molecule has 6 N–H and O–H groups in total. The minimum atomic E-state index is -0.981. The highest BCUT2D eigenvalue weighted by atomic mass is 79.9. The number of halogens is 3. The smallest absolute Gasteiger partial charge is 0.365 e. The Labute approximate surface area is 144 Å². The van der Waals surface area contributed by atoms with E-state index in [1.807, 2.05) is 0 Å². The highest BCUT2D eigenvalue weighted by molar-refractivity contribution is 9.10. The quantitative estimate of drug-likeness (QED) is 0.618. The van der Waals surface area contributed by atoms with Gasteiger partial charge >= 0.3 is 5.97 Å². The van der Waals surface area contributed by atoms with Gasteiger partial charge in [-0.25, -0.2) is 14.8 Å². The van der Waals surface area contributed by atoms with E-state index >= 15 is 0 Å². The maximum atomic E-state index is 10.4. The second-order valence-corrected chi connectivity index (χ2v) is 5.96. The van der Waals surface area contributed by atoms with E-state index in [2.05, 4.69) is 41.8 Å². The van der Waals surface area contributed by atoms with Crippen LogP contribution < -0.4 is 11.9 Å². The number of nitrogens with two attached hydrogens (primary N) is 1. The maximum Gasteiger partial charge on any atom is 0.365 e. The zero-order chi connectivity index (χ0) is 13.7. The molecule has 0 saturated carbocycles. The van der Waals surface area contributed by atoms with Crippen LogP contribution in [0.25, 0.3) is 0 Å². The van der Waals surface area contributed by atoms with Gasteiger partial charge in [-0.05, 0) is 31.9 Å².